The molecule has 0 saturated carbocycles. The molecule has 0 spiro atoms. The van der Waals surface area contributed by atoms with Crippen molar-refractivity contribution in [1.29, 1.82) is 0 Å². The molecule has 26 heavy (non-hydrogen) atoms. The lowest BCUT2D eigenvalue weighted by atomic mass is 10.2. The SMILES string of the molecule is Cc1nc(NCc2ccnc(Oc3ccccc3)c2)c2cc(C)sc2n1. The molecule has 0 aliphatic rings. The molecule has 0 fully saturated rings. The minimum atomic E-state index is 0.575. The lowest BCUT2D eigenvalue weighted by Gasteiger charge is -2.09. The van der Waals surface area contributed by atoms with Crippen LogP contribution in [0.5, 0.6) is 11.6 Å². The first-order valence-electron chi connectivity index (χ1n) is 8.34. The smallest absolute Gasteiger partial charge is 0.219 e. The molecule has 1 N–H and O–H groups in total. The van der Waals surface area contributed by atoms with E-state index in [0.29, 0.717) is 12.4 Å². The summed E-state index contributed by atoms with van der Waals surface area (Å²) in [5.74, 6) is 2.97. The van der Waals surface area contributed by atoms with Crippen molar-refractivity contribution < 1.29 is 4.74 Å². The first-order chi connectivity index (χ1) is 12.7. The molecule has 3 heterocycles. The summed E-state index contributed by atoms with van der Waals surface area (Å²) in [6, 6.07) is 15.7. The highest BCUT2D eigenvalue weighted by Crippen LogP contribution is 2.29. The third kappa shape index (κ3) is 3.65. The Morgan fingerprint density at radius 2 is 1.88 bits per heavy atom. The number of fused-ring (bicyclic) bond motifs is 1. The van der Waals surface area contributed by atoms with Gasteiger partial charge in [0, 0.05) is 23.7 Å². The van der Waals surface area contributed by atoms with Crippen LogP contribution in [0.1, 0.15) is 16.3 Å². The molecule has 4 rings (SSSR count). The molecule has 0 unspecified atom stereocenters. The van der Waals surface area contributed by atoms with Gasteiger partial charge in [-0.2, -0.15) is 0 Å². The second-order valence-corrected chi connectivity index (χ2v) is 7.20. The predicted octanol–water partition coefficient (Wildman–Crippen LogP) is 5.11. The number of nitrogens with zero attached hydrogens (tertiary/aromatic N) is 3. The molecule has 0 aliphatic carbocycles. The first kappa shape index (κ1) is 16.5. The van der Waals surface area contributed by atoms with Crippen LogP contribution in [0.15, 0.2) is 54.7 Å². The van der Waals surface area contributed by atoms with E-state index in [4.69, 9.17) is 4.74 Å². The Balaban J connectivity index is 1.53. The van der Waals surface area contributed by atoms with Gasteiger partial charge in [-0.15, -0.1) is 11.3 Å². The number of anilines is 1. The molecular weight excluding hydrogens is 344 g/mol. The topological polar surface area (TPSA) is 59.9 Å². The lowest BCUT2D eigenvalue weighted by molar-refractivity contribution is 0.462. The molecule has 0 aliphatic heterocycles. The highest BCUT2D eigenvalue weighted by molar-refractivity contribution is 7.18. The van der Waals surface area contributed by atoms with E-state index >= 15 is 0 Å². The second kappa shape index (κ2) is 7.09. The highest BCUT2D eigenvalue weighted by Gasteiger charge is 2.09. The van der Waals surface area contributed by atoms with Crippen molar-refractivity contribution >= 4 is 27.4 Å². The second-order valence-electron chi connectivity index (χ2n) is 5.97. The Kier molecular flexibility index (Phi) is 4.50. The van der Waals surface area contributed by atoms with Crippen LogP contribution < -0.4 is 10.1 Å². The fourth-order valence-electron chi connectivity index (χ4n) is 2.69. The Morgan fingerprint density at radius 3 is 2.73 bits per heavy atom. The summed E-state index contributed by atoms with van der Waals surface area (Å²) in [7, 11) is 0. The largest absolute Gasteiger partial charge is 0.439 e. The van der Waals surface area contributed by atoms with Crippen LogP contribution in [-0.2, 0) is 6.54 Å². The van der Waals surface area contributed by atoms with Gasteiger partial charge in [0.05, 0.1) is 5.39 Å². The summed E-state index contributed by atoms with van der Waals surface area (Å²) in [6.45, 7) is 4.63. The molecule has 0 bridgehead atoms. The van der Waals surface area contributed by atoms with Crippen LogP contribution in [0.4, 0.5) is 5.82 Å². The van der Waals surface area contributed by atoms with Crippen molar-refractivity contribution in [2.24, 2.45) is 0 Å². The van der Waals surface area contributed by atoms with Crippen LogP contribution >= 0.6 is 11.3 Å². The average molecular weight is 362 g/mol. The number of hydrogen-bond acceptors (Lipinski definition) is 6. The van der Waals surface area contributed by atoms with E-state index in [2.05, 4.69) is 33.3 Å². The van der Waals surface area contributed by atoms with Gasteiger partial charge in [0.15, 0.2) is 0 Å². The van der Waals surface area contributed by atoms with Crippen LogP contribution in [0, 0.1) is 13.8 Å². The predicted molar refractivity (Wildman–Crippen MR) is 105 cm³/mol. The van der Waals surface area contributed by atoms with Gasteiger partial charge >= 0.3 is 0 Å². The van der Waals surface area contributed by atoms with Gasteiger partial charge in [-0.3, -0.25) is 0 Å². The number of rotatable bonds is 5. The normalized spacial score (nSPS) is 10.8. The van der Waals surface area contributed by atoms with Crippen LogP contribution in [0.3, 0.4) is 0 Å². The molecule has 0 amide bonds. The van der Waals surface area contributed by atoms with Gasteiger partial charge in [0.25, 0.3) is 0 Å². The molecule has 3 aromatic heterocycles. The van der Waals surface area contributed by atoms with E-state index in [1.807, 2.05) is 49.4 Å². The fourth-order valence-corrected chi connectivity index (χ4v) is 3.62. The zero-order valence-electron chi connectivity index (χ0n) is 14.6. The number of hydrogen-bond donors (Lipinski definition) is 1. The number of aromatic nitrogens is 3. The molecule has 0 radical (unpaired) electrons. The standard InChI is InChI=1S/C20H18N4OS/c1-13-10-17-19(23-14(2)24-20(17)26-13)22-12-15-8-9-21-18(11-15)25-16-6-4-3-5-7-16/h3-11H,12H2,1-2H3,(H,22,23,24). The van der Waals surface area contributed by atoms with E-state index < -0.39 is 0 Å². The molecular formula is C20H18N4OS. The lowest BCUT2D eigenvalue weighted by Crippen LogP contribution is -2.04. The van der Waals surface area contributed by atoms with Gasteiger partial charge in [0.1, 0.15) is 22.2 Å². The monoisotopic (exact) mass is 362 g/mol. The van der Waals surface area contributed by atoms with Crippen LogP contribution in [0.2, 0.25) is 0 Å². The summed E-state index contributed by atoms with van der Waals surface area (Å²) < 4.78 is 5.80. The quantitative estimate of drug-likeness (QED) is 0.535. The Labute approximate surface area is 155 Å². The molecule has 6 heteroatoms. The Hall–Kier alpha value is -2.99. The zero-order valence-corrected chi connectivity index (χ0v) is 15.4. The number of benzene rings is 1. The summed E-state index contributed by atoms with van der Waals surface area (Å²) in [6.07, 6.45) is 1.75. The van der Waals surface area contributed by atoms with Crippen LogP contribution in [-0.4, -0.2) is 15.0 Å². The molecule has 1 aromatic carbocycles. The number of pyridine rings is 1. The summed E-state index contributed by atoms with van der Waals surface area (Å²) in [4.78, 5) is 15.6. The Morgan fingerprint density at radius 1 is 1.04 bits per heavy atom. The number of para-hydroxylation sites is 1. The van der Waals surface area contributed by atoms with Gasteiger partial charge in [-0.05, 0) is 43.7 Å². The average Bonchev–Trinajstić information content (AvgIpc) is 3.01. The fraction of sp³-hybridized carbons (Fsp3) is 0.150. The van der Waals surface area contributed by atoms with E-state index in [1.54, 1.807) is 17.5 Å². The van der Waals surface area contributed by atoms with Crippen molar-refractivity contribution in [3.05, 3.63) is 71.0 Å². The van der Waals surface area contributed by atoms with Crippen LogP contribution in [0.25, 0.3) is 10.2 Å². The third-order valence-electron chi connectivity index (χ3n) is 3.85. The van der Waals surface area contributed by atoms with E-state index in [1.165, 1.54) is 4.88 Å². The van der Waals surface area contributed by atoms with Crippen molar-refractivity contribution in [1.82, 2.24) is 15.0 Å². The molecule has 4 aromatic rings. The first-order valence-corrected chi connectivity index (χ1v) is 9.15. The summed E-state index contributed by atoms with van der Waals surface area (Å²) >= 11 is 1.68. The van der Waals surface area contributed by atoms with Gasteiger partial charge < -0.3 is 10.1 Å². The third-order valence-corrected chi connectivity index (χ3v) is 4.80. The number of nitrogens with one attached hydrogen (secondary N) is 1. The molecule has 0 atom stereocenters. The zero-order chi connectivity index (χ0) is 17.9. The molecule has 130 valence electrons. The van der Waals surface area contributed by atoms with Crippen molar-refractivity contribution in [2.45, 2.75) is 20.4 Å². The number of aryl methyl sites for hydroxylation is 2. The number of thiophene rings is 1. The minimum absolute atomic E-state index is 0.575. The maximum absolute atomic E-state index is 5.80. The maximum atomic E-state index is 5.80. The van der Waals surface area contributed by atoms with E-state index in [9.17, 15) is 0 Å². The molecule has 5 nitrogen and oxygen atoms in total. The highest BCUT2D eigenvalue weighted by atomic mass is 32.1. The summed E-state index contributed by atoms with van der Waals surface area (Å²) in [5.41, 5.74) is 1.07. The van der Waals surface area contributed by atoms with Crippen molar-refractivity contribution in [2.75, 3.05) is 5.32 Å². The maximum Gasteiger partial charge on any atom is 0.219 e. The number of ether oxygens (including phenoxy) is 1. The van der Waals surface area contributed by atoms with Crippen molar-refractivity contribution in [3.63, 3.8) is 0 Å². The minimum Gasteiger partial charge on any atom is -0.439 e. The van der Waals surface area contributed by atoms with Gasteiger partial charge in [-0.25, -0.2) is 15.0 Å². The summed E-state index contributed by atoms with van der Waals surface area (Å²) in [5, 5.41) is 4.48. The van der Waals surface area contributed by atoms with Gasteiger partial charge in [-0.1, -0.05) is 18.2 Å². The van der Waals surface area contributed by atoms with Crippen molar-refractivity contribution in [3.8, 4) is 11.6 Å². The molecule has 0 saturated heterocycles. The Bertz CT molecular complexity index is 1050. The van der Waals surface area contributed by atoms with E-state index in [0.717, 1.165) is 33.2 Å². The van der Waals surface area contributed by atoms with Gasteiger partial charge in [0.2, 0.25) is 5.88 Å². The van der Waals surface area contributed by atoms with E-state index in [-0.39, 0.29) is 0 Å².